The van der Waals surface area contributed by atoms with Crippen molar-refractivity contribution in [3.8, 4) is 0 Å². The second-order valence-corrected chi connectivity index (χ2v) is 8.25. The zero-order valence-corrected chi connectivity index (χ0v) is 16.9. The van der Waals surface area contributed by atoms with Crippen molar-refractivity contribution in [2.45, 2.75) is 25.7 Å². The molecule has 0 N–H and O–H groups in total. The van der Waals surface area contributed by atoms with Gasteiger partial charge in [0.1, 0.15) is 0 Å². The smallest absolute Gasteiger partial charge is 0.409 e. The van der Waals surface area contributed by atoms with E-state index in [9.17, 15) is 18.0 Å². The maximum absolute atomic E-state index is 12.8. The summed E-state index contributed by atoms with van der Waals surface area (Å²) >= 11 is 0. The molecule has 2 amide bonds. The Kier molecular flexibility index (Phi) is 7.20. The highest BCUT2D eigenvalue weighted by atomic mass is 32.2. The quantitative estimate of drug-likeness (QED) is 0.722. The average molecular weight is 397 g/mol. The first kappa shape index (κ1) is 21.2. The number of aryl methyl sites for hydroxylation is 1. The van der Waals surface area contributed by atoms with E-state index in [1.165, 1.54) is 4.31 Å². The van der Waals surface area contributed by atoms with Gasteiger partial charge in [-0.05, 0) is 26.0 Å². The summed E-state index contributed by atoms with van der Waals surface area (Å²) in [6.07, 6.45) is -0.387. The standard InChI is InChI=1S/C18H27N3O5S/c1-4-21(27(24,25)16-8-6-15(3)7-9-16)14-17(22)19-10-12-20(13-11-19)18(23)26-5-2/h6-9H,4-5,10-14H2,1-3H3. The van der Waals surface area contributed by atoms with Crippen molar-refractivity contribution in [3.05, 3.63) is 29.8 Å². The van der Waals surface area contributed by atoms with Gasteiger partial charge in [-0.3, -0.25) is 4.79 Å². The van der Waals surface area contributed by atoms with Crippen molar-refractivity contribution in [1.29, 1.82) is 0 Å². The van der Waals surface area contributed by atoms with Crippen LogP contribution in [0.25, 0.3) is 0 Å². The number of rotatable bonds is 6. The third-order valence-electron chi connectivity index (χ3n) is 4.48. The number of benzene rings is 1. The molecule has 1 aliphatic heterocycles. The molecule has 1 fully saturated rings. The fourth-order valence-corrected chi connectivity index (χ4v) is 4.23. The lowest BCUT2D eigenvalue weighted by Crippen LogP contribution is -2.53. The van der Waals surface area contributed by atoms with Crippen LogP contribution in [0.1, 0.15) is 19.4 Å². The number of nitrogens with zero attached hydrogens (tertiary/aromatic N) is 3. The summed E-state index contributed by atoms with van der Waals surface area (Å²) in [6, 6.07) is 6.57. The Morgan fingerprint density at radius 1 is 1.04 bits per heavy atom. The molecule has 0 bridgehead atoms. The highest BCUT2D eigenvalue weighted by molar-refractivity contribution is 7.89. The third-order valence-corrected chi connectivity index (χ3v) is 6.42. The molecule has 0 saturated carbocycles. The maximum Gasteiger partial charge on any atom is 0.409 e. The third kappa shape index (κ3) is 5.20. The molecule has 0 spiro atoms. The number of likely N-dealkylation sites (N-methyl/N-ethyl adjacent to an activating group) is 1. The highest BCUT2D eigenvalue weighted by Crippen LogP contribution is 2.17. The number of ether oxygens (including phenoxy) is 1. The zero-order chi connectivity index (χ0) is 20.0. The van der Waals surface area contributed by atoms with Crippen LogP contribution in [0.15, 0.2) is 29.2 Å². The van der Waals surface area contributed by atoms with E-state index in [1.54, 1.807) is 47.9 Å². The molecule has 0 aliphatic carbocycles. The van der Waals surface area contributed by atoms with Crippen LogP contribution >= 0.6 is 0 Å². The second-order valence-electron chi connectivity index (χ2n) is 6.31. The Morgan fingerprint density at radius 3 is 2.11 bits per heavy atom. The Balaban J connectivity index is 1.99. The van der Waals surface area contributed by atoms with Gasteiger partial charge in [0.15, 0.2) is 0 Å². The molecule has 8 nitrogen and oxygen atoms in total. The van der Waals surface area contributed by atoms with E-state index < -0.39 is 10.0 Å². The molecule has 0 aromatic heterocycles. The molecule has 1 saturated heterocycles. The Labute approximate surface area is 160 Å². The van der Waals surface area contributed by atoms with E-state index in [-0.39, 0.29) is 30.0 Å². The molecule has 0 radical (unpaired) electrons. The summed E-state index contributed by atoms with van der Waals surface area (Å²) < 4.78 is 31.7. The average Bonchev–Trinajstić information content (AvgIpc) is 2.66. The number of carbonyl (C=O) groups is 2. The van der Waals surface area contributed by atoms with Crippen LogP contribution in [-0.4, -0.2) is 80.4 Å². The van der Waals surface area contributed by atoms with Gasteiger partial charge in [-0.2, -0.15) is 4.31 Å². The Hall–Kier alpha value is -2.13. The predicted molar refractivity (Wildman–Crippen MR) is 101 cm³/mol. The molecular formula is C18H27N3O5S. The highest BCUT2D eigenvalue weighted by Gasteiger charge is 2.29. The molecule has 1 aromatic rings. The van der Waals surface area contributed by atoms with E-state index >= 15 is 0 Å². The number of hydrogen-bond donors (Lipinski definition) is 0. The van der Waals surface area contributed by atoms with Crippen LogP contribution in [0.5, 0.6) is 0 Å². The van der Waals surface area contributed by atoms with Crippen molar-refractivity contribution in [2.75, 3.05) is 45.9 Å². The van der Waals surface area contributed by atoms with Crippen LogP contribution in [0, 0.1) is 6.92 Å². The molecule has 0 unspecified atom stereocenters. The second kappa shape index (κ2) is 9.18. The van der Waals surface area contributed by atoms with Gasteiger partial charge in [0, 0.05) is 32.7 Å². The fraction of sp³-hybridized carbons (Fsp3) is 0.556. The van der Waals surface area contributed by atoms with Gasteiger partial charge < -0.3 is 14.5 Å². The first-order chi connectivity index (χ1) is 12.8. The van der Waals surface area contributed by atoms with E-state index in [1.807, 2.05) is 6.92 Å². The molecule has 2 rings (SSSR count). The molecule has 150 valence electrons. The topological polar surface area (TPSA) is 87.2 Å². The monoisotopic (exact) mass is 397 g/mol. The largest absolute Gasteiger partial charge is 0.450 e. The van der Waals surface area contributed by atoms with Crippen molar-refractivity contribution < 1.29 is 22.7 Å². The lowest BCUT2D eigenvalue weighted by molar-refractivity contribution is -0.133. The van der Waals surface area contributed by atoms with E-state index in [4.69, 9.17) is 4.74 Å². The number of amides is 2. The summed E-state index contributed by atoms with van der Waals surface area (Å²) in [5.41, 5.74) is 0.965. The predicted octanol–water partition coefficient (Wildman–Crippen LogP) is 1.31. The van der Waals surface area contributed by atoms with Crippen LogP contribution in [0.4, 0.5) is 4.79 Å². The molecule has 1 aliphatic rings. The van der Waals surface area contributed by atoms with Gasteiger partial charge in [0.2, 0.25) is 15.9 Å². The molecule has 0 atom stereocenters. The number of piperazine rings is 1. The van der Waals surface area contributed by atoms with Crippen LogP contribution < -0.4 is 0 Å². The Morgan fingerprint density at radius 2 is 1.59 bits per heavy atom. The summed E-state index contributed by atoms with van der Waals surface area (Å²) in [5, 5.41) is 0. The number of hydrogen-bond acceptors (Lipinski definition) is 5. The van der Waals surface area contributed by atoms with Gasteiger partial charge in [-0.25, -0.2) is 13.2 Å². The van der Waals surface area contributed by atoms with Gasteiger partial charge in [-0.15, -0.1) is 0 Å². The molecule has 1 aromatic carbocycles. The molecule has 9 heteroatoms. The van der Waals surface area contributed by atoms with E-state index in [0.717, 1.165) is 5.56 Å². The van der Waals surface area contributed by atoms with Crippen molar-refractivity contribution in [1.82, 2.24) is 14.1 Å². The van der Waals surface area contributed by atoms with Crippen molar-refractivity contribution in [3.63, 3.8) is 0 Å². The Bertz CT molecular complexity index is 756. The summed E-state index contributed by atoms with van der Waals surface area (Å²) in [4.78, 5) is 27.6. The zero-order valence-electron chi connectivity index (χ0n) is 16.1. The summed E-state index contributed by atoms with van der Waals surface area (Å²) in [6.45, 7) is 7.09. The molecular weight excluding hydrogens is 370 g/mol. The lowest BCUT2D eigenvalue weighted by Gasteiger charge is -2.35. The van der Waals surface area contributed by atoms with Gasteiger partial charge in [0.25, 0.3) is 0 Å². The fourth-order valence-electron chi connectivity index (χ4n) is 2.83. The summed E-state index contributed by atoms with van der Waals surface area (Å²) in [7, 11) is -3.73. The lowest BCUT2D eigenvalue weighted by atomic mass is 10.2. The van der Waals surface area contributed by atoms with Gasteiger partial charge in [0.05, 0.1) is 18.0 Å². The van der Waals surface area contributed by atoms with E-state index in [2.05, 4.69) is 0 Å². The first-order valence-corrected chi connectivity index (χ1v) is 10.5. The van der Waals surface area contributed by atoms with Gasteiger partial charge in [-0.1, -0.05) is 24.6 Å². The van der Waals surface area contributed by atoms with Crippen molar-refractivity contribution >= 4 is 22.0 Å². The SMILES string of the molecule is CCOC(=O)N1CCN(C(=O)CN(CC)S(=O)(=O)c2ccc(C)cc2)CC1. The first-order valence-electron chi connectivity index (χ1n) is 9.05. The normalized spacial score (nSPS) is 15.1. The maximum atomic E-state index is 12.8. The minimum Gasteiger partial charge on any atom is -0.450 e. The van der Waals surface area contributed by atoms with Gasteiger partial charge >= 0.3 is 6.09 Å². The minimum absolute atomic E-state index is 0.176. The minimum atomic E-state index is -3.73. The summed E-state index contributed by atoms with van der Waals surface area (Å²) in [5.74, 6) is -0.268. The van der Waals surface area contributed by atoms with Crippen molar-refractivity contribution in [2.24, 2.45) is 0 Å². The van der Waals surface area contributed by atoms with Crippen LogP contribution in [0.2, 0.25) is 0 Å². The number of carbonyl (C=O) groups excluding carboxylic acids is 2. The van der Waals surface area contributed by atoms with Crippen LogP contribution in [-0.2, 0) is 19.6 Å². The molecule has 1 heterocycles. The van der Waals surface area contributed by atoms with E-state index in [0.29, 0.717) is 32.8 Å². The van der Waals surface area contributed by atoms with Crippen LogP contribution in [0.3, 0.4) is 0 Å². The molecule has 27 heavy (non-hydrogen) atoms. The number of sulfonamides is 1.